The third-order valence-corrected chi connectivity index (χ3v) is 4.51. The number of carboxylic acids is 1. The van der Waals surface area contributed by atoms with E-state index in [2.05, 4.69) is 9.97 Å². The van der Waals surface area contributed by atoms with E-state index in [1.807, 2.05) is 30.3 Å². The Morgan fingerprint density at radius 2 is 2.04 bits per heavy atom. The first kappa shape index (κ1) is 15.6. The first-order valence-corrected chi connectivity index (χ1v) is 7.97. The van der Waals surface area contributed by atoms with Crippen molar-refractivity contribution in [2.75, 3.05) is 7.11 Å². The van der Waals surface area contributed by atoms with Crippen LogP contribution in [0.4, 0.5) is 0 Å². The van der Waals surface area contributed by atoms with E-state index in [0.717, 1.165) is 16.2 Å². The molecule has 0 aliphatic carbocycles. The molecule has 23 heavy (non-hydrogen) atoms. The van der Waals surface area contributed by atoms with Crippen LogP contribution < -0.4 is 4.74 Å². The number of aromatic amines is 1. The number of nitrogens with zero attached hydrogens (tertiary/aromatic N) is 1. The standard InChI is InChI=1S/C16H13ClN2O3S/c1-22-10-4-2-9(3-5-10)16-18-11(8-14(20)21)15(19-16)12-6-7-13(17)23-12/h2-7H,8H2,1H3,(H,18,19)(H,20,21). The van der Waals surface area contributed by atoms with E-state index in [1.54, 1.807) is 13.2 Å². The Morgan fingerprint density at radius 3 is 2.61 bits per heavy atom. The average molecular weight is 349 g/mol. The Kier molecular flexibility index (Phi) is 4.36. The van der Waals surface area contributed by atoms with Crippen molar-refractivity contribution in [3.05, 3.63) is 46.4 Å². The van der Waals surface area contributed by atoms with Crippen LogP contribution in [-0.4, -0.2) is 28.2 Å². The van der Waals surface area contributed by atoms with Crippen molar-refractivity contribution in [2.24, 2.45) is 0 Å². The third kappa shape index (κ3) is 3.38. The quantitative estimate of drug-likeness (QED) is 0.728. The smallest absolute Gasteiger partial charge is 0.309 e. The molecule has 0 saturated heterocycles. The molecule has 118 valence electrons. The number of aromatic nitrogens is 2. The van der Waals surface area contributed by atoms with Gasteiger partial charge in [-0.1, -0.05) is 11.6 Å². The number of aliphatic carboxylic acids is 1. The van der Waals surface area contributed by atoms with Crippen LogP contribution in [-0.2, 0) is 11.2 Å². The minimum Gasteiger partial charge on any atom is -0.497 e. The third-order valence-electron chi connectivity index (χ3n) is 3.28. The number of benzene rings is 1. The monoisotopic (exact) mass is 348 g/mol. The van der Waals surface area contributed by atoms with Gasteiger partial charge in [0.05, 0.1) is 28.4 Å². The lowest BCUT2D eigenvalue weighted by Crippen LogP contribution is -2.01. The molecule has 0 aliphatic rings. The zero-order valence-corrected chi connectivity index (χ0v) is 13.7. The van der Waals surface area contributed by atoms with Crippen LogP contribution in [0.25, 0.3) is 22.0 Å². The van der Waals surface area contributed by atoms with Gasteiger partial charge in [-0.3, -0.25) is 4.79 Å². The number of halogens is 1. The molecular formula is C16H13ClN2O3S. The first-order chi connectivity index (χ1) is 11.1. The lowest BCUT2D eigenvalue weighted by atomic mass is 10.2. The van der Waals surface area contributed by atoms with E-state index in [0.29, 0.717) is 21.5 Å². The highest BCUT2D eigenvalue weighted by Crippen LogP contribution is 2.34. The summed E-state index contributed by atoms with van der Waals surface area (Å²) in [6.07, 6.45) is -0.131. The Labute approximate surface area is 141 Å². The Balaban J connectivity index is 2.04. The van der Waals surface area contributed by atoms with Gasteiger partial charge in [0.2, 0.25) is 0 Å². The molecule has 7 heteroatoms. The van der Waals surface area contributed by atoms with Crippen molar-refractivity contribution >= 4 is 28.9 Å². The van der Waals surface area contributed by atoms with Crippen LogP contribution in [0.1, 0.15) is 5.69 Å². The van der Waals surface area contributed by atoms with Crippen LogP contribution in [0.15, 0.2) is 36.4 Å². The van der Waals surface area contributed by atoms with E-state index in [9.17, 15) is 4.79 Å². The number of ether oxygens (including phenoxy) is 1. The second-order valence-electron chi connectivity index (χ2n) is 4.82. The number of H-pyrrole nitrogens is 1. The molecule has 0 spiro atoms. The highest BCUT2D eigenvalue weighted by molar-refractivity contribution is 7.19. The normalized spacial score (nSPS) is 10.7. The molecule has 0 fully saturated rings. The van der Waals surface area contributed by atoms with Gasteiger partial charge in [-0.05, 0) is 36.4 Å². The molecular weight excluding hydrogens is 336 g/mol. The molecule has 2 aromatic heterocycles. The van der Waals surface area contributed by atoms with Gasteiger partial charge in [-0.2, -0.15) is 0 Å². The minimum absolute atomic E-state index is 0.131. The maximum absolute atomic E-state index is 11.1. The number of hydrogen-bond donors (Lipinski definition) is 2. The molecule has 0 bridgehead atoms. The second-order valence-corrected chi connectivity index (χ2v) is 6.53. The zero-order valence-electron chi connectivity index (χ0n) is 12.2. The molecule has 3 aromatic rings. The van der Waals surface area contributed by atoms with Crippen LogP contribution in [0.5, 0.6) is 5.75 Å². The van der Waals surface area contributed by atoms with Gasteiger partial charge in [0, 0.05) is 5.56 Å². The van der Waals surface area contributed by atoms with Crippen LogP contribution >= 0.6 is 22.9 Å². The lowest BCUT2D eigenvalue weighted by Gasteiger charge is -2.00. The number of rotatable bonds is 5. The Hall–Kier alpha value is -2.31. The maximum Gasteiger partial charge on any atom is 0.309 e. The highest BCUT2D eigenvalue weighted by atomic mass is 35.5. The number of methoxy groups -OCH3 is 1. The summed E-state index contributed by atoms with van der Waals surface area (Å²) in [6, 6.07) is 11.0. The van der Waals surface area contributed by atoms with Crippen molar-refractivity contribution in [1.82, 2.24) is 9.97 Å². The molecule has 2 N–H and O–H groups in total. The van der Waals surface area contributed by atoms with Crippen molar-refractivity contribution in [3.63, 3.8) is 0 Å². The molecule has 1 aromatic carbocycles. The van der Waals surface area contributed by atoms with Crippen LogP contribution in [0.3, 0.4) is 0 Å². The maximum atomic E-state index is 11.1. The van der Waals surface area contributed by atoms with E-state index in [1.165, 1.54) is 11.3 Å². The Bertz CT molecular complexity index is 839. The lowest BCUT2D eigenvalue weighted by molar-refractivity contribution is -0.136. The van der Waals surface area contributed by atoms with E-state index >= 15 is 0 Å². The number of nitrogens with one attached hydrogen (secondary N) is 1. The fourth-order valence-electron chi connectivity index (χ4n) is 2.22. The SMILES string of the molecule is COc1ccc(-c2nc(-c3ccc(Cl)s3)c(CC(=O)O)[nH]2)cc1. The zero-order chi connectivity index (χ0) is 16.4. The van der Waals surface area contributed by atoms with E-state index in [4.69, 9.17) is 21.4 Å². The van der Waals surface area contributed by atoms with E-state index < -0.39 is 5.97 Å². The summed E-state index contributed by atoms with van der Waals surface area (Å²) in [5, 5.41) is 9.10. The van der Waals surface area contributed by atoms with Crippen LogP contribution in [0.2, 0.25) is 4.34 Å². The second kappa shape index (κ2) is 6.44. The van der Waals surface area contributed by atoms with Crippen LogP contribution in [0, 0.1) is 0 Å². The largest absolute Gasteiger partial charge is 0.497 e. The van der Waals surface area contributed by atoms with Gasteiger partial charge < -0.3 is 14.8 Å². The Morgan fingerprint density at radius 1 is 1.30 bits per heavy atom. The van der Waals surface area contributed by atoms with E-state index in [-0.39, 0.29) is 6.42 Å². The number of imidazole rings is 1. The average Bonchev–Trinajstić information content (AvgIpc) is 3.13. The summed E-state index contributed by atoms with van der Waals surface area (Å²) in [7, 11) is 1.60. The fraction of sp³-hybridized carbons (Fsp3) is 0.125. The minimum atomic E-state index is -0.918. The molecule has 3 rings (SSSR count). The highest BCUT2D eigenvalue weighted by Gasteiger charge is 2.17. The summed E-state index contributed by atoms with van der Waals surface area (Å²) >= 11 is 7.34. The topological polar surface area (TPSA) is 75.2 Å². The molecule has 0 atom stereocenters. The summed E-state index contributed by atoms with van der Waals surface area (Å²) in [5.74, 6) is 0.443. The first-order valence-electron chi connectivity index (χ1n) is 6.77. The van der Waals surface area contributed by atoms with Crippen molar-refractivity contribution in [1.29, 1.82) is 0 Å². The van der Waals surface area contributed by atoms with Gasteiger partial charge in [-0.25, -0.2) is 4.98 Å². The van der Waals surface area contributed by atoms with Gasteiger partial charge >= 0.3 is 5.97 Å². The number of carboxylic acid groups (broad SMARTS) is 1. The van der Waals surface area contributed by atoms with Crippen molar-refractivity contribution in [3.8, 4) is 27.7 Å². The number of carbonyl (C=O) groups is 1. The predicted octanol–water partition coefficient (Wildman–Crippen LogP) is 4.09. The summed E-state index contributed by atoms with van der Waals surface area (Å²) in [6.45, 7) is 0. The molecule has 0 amide bonds. The summed E-state index contributed by atoms with van der Waals surface area (Å²) in [5.41, 5.74) is 2.03. The molecule has 5 nitrogen and oxygen atoms in total. The molecule has 0 aliphatic heterocycles. The van der Waals surface area contributed by atoms with Crippen molar-refractivity contribution in [2.45, 2.75) is 6.42 Å². The molecule has 0 unspecified atom stereocenters. The number of hydrogen-bond acceptors (Lipinski definition) is 4. The van der Waals surface area contributed by atoms with Gasteiger partial charge in [-0.15, -0.1) is 11.3 Å². The molecule has 0 radical (unpaired) electrons. The fourth-order valence-corrected chi connectivity index (χ4v) is 3.28. The molecule has 2 heterocycles. The summed E-state index contributed by atoms with van der Waals surface area (Å²) in [4.78, 5) is 19.6. The molecule has 0 saturated carbocycles. The number of thiophene rings is 1. The van der Waals surface area contributed by atoms with Crippen molar-refractivity contribution < 1.29 is 14.6 Å². The van der Waals surface area contributed by atoms with Gasteiger partial charge in [0.1, 0.15) is 17.3 Å². The summed E-state index contributed by atoms with van der Waals surface area (Å²) < 4.78 is 5.77. The predicted molar refractivity (Wildman–Crippen MR) is 90.2 cm³/mol. The van der Waals surface area contributed by atoms with Gasteiger partial charge in [0.15, 0.2) is 0 Å². The van der Waals surface area contributed by atoms with Gasteiger partial charge in [0.25, 0.3) is 0 Å².